The minimum absolute atomic E-state index is 0.114. The van der Waals surface area contributed by atoms with Crippen molar-refractivity contribution in [3.63, 3.8) is 0 Å². The Labute approximate surface area is 183 Å². The molecule has 3 aromatic rings. The molecule has 0 saturated carbocycles. The van der Waals surface area contributed by atoms with Crippen LogP contribution in [0.3, 0.4) is 0 Å². The van der Waals surface area contributed by atoms with E-state index < -0.39 is 15.3 Å². The minimum Gasteiger partial charge on any atom is -0.508 e. The molecule has 9 heteroatoms. The highest BCUT2D eigenvalue weighted by Gasteiger charge is 2.37. The minimum atomic E-state index is -3.88. The maximum Gasteiger partial charge on any atom is 0.238 e. The van der Waals surface area contributed by atoms with Crippen molar-refractivity contribution in [1.29, 1.82) is 0 Å². The van der Waals surface area contributed by atoms with Crippen LogP contribution >= 0.6 is 11.3 Å². The van der Waals surface area contributed by atoms with Crippen molar-refractivity contribution in [3.8, 4) is 5.75 Å². The number of sulfonamides is 1. The van der Waals surface area contributed by atoms with Crippen molar-refractivity contribution in [1.82, 2.24) is 9.21 Å². The van der Waals surface area contributed by atoms with E-state index in [2.05, 4.69) is 6.58 Å². The smallest absolute Gasteiger partial charge is 0.238 e. The number of carbonyl (C=O) groups excluding carboxylic acids is 1. The molecule has 2 aromatic carbocycles. The van der Waals surface area contributed by atoms with E-state index in [1.165, 1.54) is 33.9 Å². The van der Waals surface area contributed by atoms with Gasteiger partial charge in [-0.25, -0.2) is 12.8 Å². The second-order valence-corrected chi connectivity index (χ2v) is 10.5. The Bertz CT molecular complexity index is 1260. The first-order valence-electron chi connectivity index (χ1n) is 9.64. The zero-order chi connectivity index (χ0) is 22.2. The molecule has 0 spiro atoms. The van der Waals surface area contributed by atoms with E-state index in [0.29, 0.717) is 16.1 Å². The fourth-order valence-electron chi connectivity index (χ4n) is 3.66. The third-order valence-corrected chi connectivity index (χ3v) is 8.69. The Morgan fingerprint density at radius 1 is 1.19 bits per heavy atom. The summed E-state index contributed by atoms with van der Waals surface area (Å²) >= 11 is 1.20. The number of piperazine rings is 1. The molecule has 4 rings (SSSR count). The summed E-state index contributed by atoms with van der Waals surface area (Å²) in [7, 11) is -3.88. The van der Waals surface area contributed by atoms with Crippen LogP contribution in [0, 0.1) is 5.82 Å². The molecule has 0 bridgehead atoms. The van der Waals surface area contributed by atoms with Gasteiger partial charge in [0.25, 0.3) is 0 Å². The van der Waals surface area contributed by atoms with Gasteiger partial charge in [-0.2, -0.15) is 4.31 Å². The van der Waals surface area contributed by atoms with Gasteiger partial charge in [-0.15, -0.1) is 17.9 Å². The highest BCUT2D eigenvalue weighted by atomic mass is 32.2. The Morgan fingerprint density at radius 2 is 2.00 bits per heavy atom. The van der Waals surface area contributed by atoms with E-state index in [-0.39, 0.29) is 37.1 Å². The summed E-state index contributed by atoms with van der Waals surface area (Å²) < 4.78 is 42.0. The number of halogens is 1. The molecular formula is C22H21FN2O4S2. The van der Waals surface area contributed by atoms with E-state index in [4.69, 9.17) is 0 Å². The lowest BCUT2D eigenvalue weighted by atomic mass is 10.2. The molecule has 1 aliphatic heterocycles. The van der Waals surface area contributed by atoms with Crippen molar-refractivity contribution in [3.05, 3.63) is 77.4 Å². The van der Waals surface area contributed by atoms with Crippen LogP contribution in [0.25, 0.3) is 10.1 Å². The van der Waals surface area contributed by atoms with Crippen molar-refractivity contribution >= 4 is 37.4 Å². The number of nitrogens with zero attached hydrogens (tertiary/aromatic N) is 2. The molecule has 0 aliphatic carbocycles. The average molecular weight is 461 g/mol. The fraction of sp³-hybridized carbons (Fsp3) is 0.227. The highest BCUT2D eigenvalue weighted by molar-refractivity contribution is 7.89. The zero-order valence-corrected chi connectivity index (χ0v) is 18.2. The summed E-state index contributed by atoms with van der Waals surface area (Å²) in [6.45, 7) is 4.14. The molecule has 1 aromatic heterocycles. The number of rotatable bonds is 6. The van der Waals surface area contributed by atoms with E-state index in [0.717, 1.165) is 10.9 Å². The van der Waals surface area contributed by atoms with E-state index in [1.54, 1.807) is 41.3 Å². The Morgan fingerprint density at radius 3 is 2.71 bits per heavy atom. The number of hydrogen-bond donors (Lipinski definition) is 1. The van der Waals surface area contributed by atoms with Crippen molar-refractivity contribution in [2.75, 3.05) is 19.6 Å². The molecule has 1 amide bonds. The fourth-order valence-corrected chi connectivity index (χ4v) is 6.79. The topological polar surface area (TPSA) is 77.9 Å². The van der Waals surface area contributed by atoms with Gasteiger partial charge in [0.15, 0.2) is 0 Å². The monoisotopic (exact) mass is 460 g/mol. The van der Waals surface area contributed by atoms with Crippen LogP contribution in [0.4, 0.5) is 4.39 Å². The number of amides is 1. The van der Waals surface area contributed by atoms with Gasteiger partial charge in [0.2, 0.25) is 15.9 Å². The first kappa shape index (κ1) is 21.5. The maximum atomic E-state index is 13.5. The summed E-state index contributed by atoms with van der Waals surface area (Å²) in [4.78, 5) is 14.8. The molecule has 1 saturated heterocycles. The molecule has 0 radical (unpaired) electrons. The summed E-state index contributed by atoms with van der Waals surface area (Å²) in [6, 6.07) is 12.7. The molecule has 162 valence electrons. The molecular weight excluding hydrogens is 439 g/mol. The normalized spacial score (nSPS) is 16.5. The lowest BCUT2D eigenvalue weighted by Gasteiger charge is -2.35. The first-order valence-corrected chi connectivity index (χ1v) is 12.0. The molecule has 31 heavy (non-hydrogen) atoms. The van der Waals surface area contributed by atoms with Crippen molar-refractivity contribution in [2.24, 2.45) is 0 Å². The van der Waals surface area contributed by atoms with Crippen LogP contribution in [-0.4, -0.2) is 48.3 Å². The van der Waals surface area contributed by atoms with E-state index in [1.807, 2.05) is 0 Å². The Kier molecular flexibility index (Phi) is 5.83. The molecule has 1 N–H and O–H groups in total. The first-order chi connectivity index (χ1) is 14.8. The van der Waals surface area contributed by atoms with Crippen molar-refractivity contribution < 1.29 is 22.7 Å². The van der Waals surface area contributed by atoms with Crippen LogP contribution < -0.4 is 0 Å². The number of phenolic OH excluding ortho intramolecular Hbond substituents is 1. The second kappa shape index (κ2) is 8.41. The molecule has 6 nitrogen and oxygen atoms in total. The Balaban J connectivity index is 1.52. The van der Waals surface area contributed by atoms with Gasteiger partial charge in [-0.1, -0.05) is 24.3 Å². The summed E-state index contributed by atoms with van der Waals surface area (Å²) in [5.74, 6) is -0.574. The van der Waals surface area contributed by atoms with Gasteiger partial charge in [0, 0.05) is 29.2 Å². The lowest BCUT2D eigenvalue weighted by Crippen LogP contribution is -2.52. The lowest BCUT2D eigenvalue weighted by molar-refractivity contribution is -0.134. The molecule has 1 atom stereocenters. The highest BCUT2D eigenvalue weighted by Crippen LogP contribution is 2.36. The van der Waals surface area contributed by atoms with Gasteiger partial charge in [0.1, 0.15) is 16.8 Å². The SMILES string of the molecule is C=CC(c1cc2ccc(F)cc2s1)S(=O)(=O)N1CCN(Cc2cccc(O)c2)C(=O)C1. The predicted molar refractivity (Wildman–Crippen MR) is 119 cm³/mol. The van der Waals surface area contributed by atoms with Crippen LogP contribution in [0.2, 0.25) is 0 Å². The van der Waals surface area contributed by atoms with E-state index >= 15 is 0 Å². The maximum absolute atomic E-state index is 13.5. The van der Waals surface area contributed by atoms with Gasteiger partial charge < -0.3 is 10.0 Å². The van der Waals surface area contributed by atoms with Crippen molar-refractivity contribution in [2.45, 2.75) is 11.8 Å². The largest absolute Gasteiger partial charge is 0.508 e. The number of benzene rings is 2. The number of hydrogen-bond acceptors (Lipinski definition) is 5. The van der Waals surface area contributed by atoms with Gasteiger partial charge in [-0.3, -0.25) is 4.79 Å². The molecule has 1 aliphatic rings. The summed E-state index contributed by atoms with van der Waals surface area (Å²) in [5.41, 5.74) is 0.770. The Hall–Kier alpha value is -2.75. The number of thiophene rings is 1. The van der Waals surface area contributed by atoms with Gasteiger partial charge in [-0.05, 0) is 41.3 Å². The average Bonchev–Trinajstić information content (AvgIpc) is 3.12. The third-order valence-electron chi connectivity index (χ3n) is 5.24. The van der Waals surface area contributed by atoms with Crippen LogP contribution in [0.15, 0.2) is 61.2 Å². The summed E-state index contributed by atoms with van der Waals surface area (Å²) in [6.07, 6.45) is 1.35. The molecule has 2 heterocycles. The third kappa shape index (κ3) is 4.34. The molecule has 1 fully saturated rings. The standard InChI is InChI=1S/C22H21FN2O4S2/c1-2-21(20-11-16-6-7-17(23)12-19(16)30-20)31(28,29)25-9-8-24(22(27)14-25)13-15-4-3-5-18(26)10-15/h2-7,10-12,21,26H,1,8-9,13-14H2. The predicted octanol–water partition coefficient (Wildman–Crippen LogP) is 3.65. The van der Waals surface area contributed by atoms with Gasteiger partial charge >= 0.3 is 0 Å². The number of aromatic hydroxyl groups is 1. The second-order valence-electron chi connectivity index (χ2n) is 7.35. The number of fused-ring (bicyclic) bond motifs is 1. The quantitative estimate of drug-likeness (QED) is 0.570. The van der Waals surface area contributed by atoms with Crippen LogP contribution in [0.1, 0.15) is 15.7 Å². The zero-order valence-electron chi connectivity index (χ0n) is 16.6. The van der Waals surface area contributed by atoms with Crippen LogP contribution in [0.5, 0.6) is 5.75 Å². The molecule has 1 unspecified atom stereocenters. The van der Waals surface area contributed by atoms with E-state index in [9.17, 15) is 22.7 Å². The van der Waals surface area contributed by atoms with Gasteiger partial charge in [0.05, 0.1) is 6.54 Å². The van der Waals surface area contributed by atoms with Crippen LogP contribution in [-0.2, 0) is 21.4 Å². The summed E-state index contributed by atoms with van der Waals surface area (Å²) in [5, 5.41) is 9.35. The number of phenols is 1. The number of carbonyl (C=O) groups is 1.